The van der Waals surface area contributed by atoms with Crippen molar-refractivity contribution in [3.63, 3.8) is 0 Å². The van der Waals surface area contributed by atoms with Crippen molar-refractivity contribution in [1.82, 2.24) is 9.62 Å². The van der Waals surface area contributed by atoms with Crippen molar-refractivity contribution >= 4 is 21.6 Å². The van der Waals surface area contributed by atoms with Gasteiger partial charge in [-0.1, -0.05) is 0 Å². The number of carbonyl (C=O) groups is 1. The third-order valence-corrected chi connectivity index (χ3v) is 7.03. The molecule has 1 aromatic heterocycles. The van der Waals surface area contributed by atoms with Gasteiger partial charge < -0.3 is 14.6 Å². The monoisotopic (exact) mass is 419 g/mol. The highest BCUT2D eigenvalue weighted by atomic mass is 32.2. The number of nitrogens with zero attached hydrogens (tertiary/aromatic N) is 2. The van der Waals surface area contributed by atoms with Gasteiger partial charge in [0.2, 0.25) is 10.0 Å². The largest absolute Gasteiger partial charge is 0.464 e. The Morgan fingerprint density at radius 1 is 1.14 bits per heavy atom. The molecule has 0 aliphatic carbocycles. The van der Waals surface area contributed by atoms with E-state index in [0.717, 1.165) is 41.7 Å². The maximum atomic E-state index is 13.2. The molecule has 2 heterocycles. The van der Waals surface area contributed by atoms with Crippen LogP contribution >= 0.6 is 0 Å². The molecule has 0 bridgehead atoms. The lowest BCUT2D eigenvalue weighted by Crippen LogP contribution is -2.34. The average Bonchev–Trinajstić information content (AvgIpc) is 3.14. The average molecular weight is 420 g/mol. The van der Waals surface area contributed by atoms with Crippen LogP contribution in [0.5, 0.6) is 0 Å². The molecule has 2 aromatic rings. The molecule has 1 aliphatic rings. The van der Waals surface area contributed by atoms with Crippen molar-refractivity contribution in [3.05, 3.63) is 47.4 Å². The van der Waals surface area contributed by atoms with Gasteiger partial charge in [0.15, 0.2) is 0 Å². The van der Waals surface area contributed by atoms with Gasteiger partial charge in [-0.2, -0.15) is 0 Å². The number of aryl methyl sites for hydroxylation is 1. The fraction of sp³-hybridized carbons (Fsp3) is 0.476. The van der Waals surface area contributed by atoms with Crippen molar-refractivity contribution in [1.29, 1.82) is 0 Å². The van der Waals surface area contributed by atoms with E-state index >= 15 is 0 Å². The van der Waals surface area contributed by atoms with Gasteiger partial charge in [0.25, 0.3) is 5.91 Å². The summed E-state index contributed by atoms with van der Waals surface area (Å²) in [7, 11) is -0.679. The molecule has 1 N–H and O–H groups in total. The molecule has 7 nitrogen and oxygen atoms in total. The Morgan fingerprint density at radius 3 is 2.41 bits per heavy atom. The predicted octanol–water partition coefficient (Wildman–Crippen LogP) is 3.32. The maximum absolute atomic E-state index is 13.2. The molecule has 1 amide bonds. The molecule has 0 saturated carbocycles. The van der Waals surface area contributed by atoms with Crippen LogP contribution in [0.4, 0.5) is 5.69 Å². The minimum absolute atomic E-state index is 0.106. The minimum Gasteiger partial charge on any atom is -0.464 e. The van der Waals surface area contributed by atoms with E-state index in [2.05, 4.69) is 10.2 Å². The van der Waals surface area contributed by atoms with Crippen LogP contribution in [0.25, 0.3) is 0 Å². The molecule has 29 heavy (non-hydrogen) atoms. The first-order valence-corrected chi connectivity index (χ1v) is 11.3. The fourth-order valence-corrected chi connectivity index (χ4v) is 4.44. The second-order valence-corrected chi connectivity index (χ2v) is 9.81. The molecule has 0 radical (unpaired) electrons. The number of anilines is 1. The number of piperidine rings is 1. The number of hydrogen-bond donors (Lipinski definition) is 1. The Labute approximate surface area is 172 Å². The number of benzene rings is 1. The van der Waals surface area contributed by atoms with Gasteiger partial charge >= 0.3 is 0 Å². The molecule has 1 saturated heterocycles. The zero-order valence-corrected chi connectivity index (χ0v) is 18.3. The van der Waals surface area contributed by atoms with E-state index in [-0.39, 0.29) is 16.8 Å². The number of sulfonamides is 1. The van der Waals surface area contributed by atoms with Crippen LogP contribution in [0.3, 0.4) is 0 Å². The highest BCUT2D eigenvalue weighted by molar-refractivity contribution is 7.89. The lowest BCUT2D eigenvalue weighted by molar-refractivity contribution is 0.0935. The highest BCUT2D eigenvalue weighted by Gasteiger charge is 2.25. The summed E-state index contributed by atoms with van der Waals surface area (Å²) in [6, 6.07) is 8.15. The summed E-state index contributed by atoms with van der Waals surface area (Å²) in [5, 5.41) is 2.95. The first kappa shape index (κ1) is 21.4. The molecule has 1 fully saturated rings. The Hall–Kier alpha value is -2.32. The molecule has 1 unspecified atom stereocenters. The van der Waals surface area contributed by atoms with Crippen molar-refractivity contribution in [3.8, 4) is 0 Å². The van der Waals surface area contributed by atoms with Gasteiger partial charge in [0.05, 0.1) is 16.5 Å². The van der Waals surface area contributed by atoms with E-state index in [0.29, 0.717) is 11.3 Å². The van der Waals surface area contributed by atoms with Crippen molar-refractivity contribution in [2.24, 2.45) is 0 Å². The molecule has 158 valence electrons. The lowest BCUT2D eigenvalue weighted by Gasteiger charge is -2.31. The normalized spacial score (nSPS) is 16.1. The molecular formula is C21H29N3O4S. The summed E-state index contributed by atoms with van der Waals surface area (Å²) >= 11 is 0. The molecule has 1 atom stereocenters. The summed E-state index contributed by atoms with van der Waals surface area (Å²) in [6.45, 7) is 5.40. The Balaban J connectivity index is 1.96. The SMILES string of the molecule is Cc1ccc(C(C)NC(=O)c2cc(S(=O)(=O)N(C)C)ccc2N2CCCCC2)o1. The molecule has 0 spiro atoms. The van der Waals surface area contributed by atoms with Crippen molar-refractivity contribution in [2.75, 3.05) is 32.1 Å². The number of rotatable bonds is 6. The summed E-state index contributed by atoms with van der Waals surface area (Å²) in [4.78, 5) is 15.4. The maximum Gasteiger partial charge on any atom is 0.254 e. The van der Waals surface area contributed by atoms with Crippen molar-refractivity contribution in [2.45, 2.75) is 44.0 Å². The van der Waals surface area contributed by atoms with E-state index in [1.54, 1.807) is 12.1 Å². The Bertz CT molecular complexity index is 976. The molecular weight excluding hydrogens is 390 g/mol. The van der Waals surface area contributed by atoms with Crippen LogP contribution in [0, 0.1) is 6.92 Å². The van der Waals surface area contributed by atoms with Crippen LogP contribution in [0.1, 0.15) is 54.1 Å². The Morgan fingerprint density at radius 2 is 1.83 bits per heavy atom. The molecule has 1 aromatic carbocycles. The molecule has 1 aliphatic heterocycles. The molecule has 8 heteroatoms. The van der Waals surface area contributed by atoms with E-state index < -0.39 is 10.0 Å². The predicted molar refractivity (Wildman–Crippen MR) is 113 cm³/mol. The van der Waals surface area contributed by atoms with E-state index in [1.165, 1.54) is 26.6 Å². The van der Waals surface area contributed by atoms with Crippen LogP contribution in [0.15, 0.2) is 39.6 Å². The van der Waals surface area contributed by atoms with Gasteiger partial charge in [-0.3, -0.25) is 4.79 Å². The van der Waals surface area contributed by atoms with Gasteiger partial charge in [0, 0.05) is 32.9 Å². The van der Waals surface area contributed by atoms with Gasteiger partial charge in [-0.25, -0.2) is 12.7 Å². The lowest BCUT2D eigenvalue weighted by atomic mass is 10.1. The van der Waals surface area contributed by atoms with E-state index in [4.69, 9.17) is 4.42 Å². The second-order valence-electron chi connectivity index (χ2n) is 7.66. The first-order valence-electron chi connectivity index (χ1n) is 9.89. The number of nitrogens with one attached hydrogen (secondary N) is 1. The smallest absolute Gasteiger partial charge is 0.254 e. The zero-order chi connectivity index (χ0) is 21.2. The van der Waals surface area contributed by atoms with Gasteiger partial charge in [0.1, 0.15) is 11.5 Å². The van der Waals surface area contributed by atoms with Crippen LogP contribution < -0.4 is 10.2 Å². The van der Waals surface area contributed by atoms with Crippen molar-refractivity contribution < 1.29 is 17.6 Å². The number of hydrogen-bond acceptors (Lipinski definition) is 5. The number of furan rings is 1. The quantitative estimate of drug-likeness (QED) is 0.777. The van der Waals surface area contributed by atoms with Crippen LogP contribution in [0.2, 0.25) is 0 Å². The highest BCUT2D eigenvalue weighted by Crippen LogP contribution is 2.28. The van der Waals surface area contributed by atoms with Crippen LogP contribution in [-0.4, -0.2) is 45.8 Å². The zero-order valence-electron chi connectivity index (χ0n) is 17.4. The topological polar surface area (TPSA) is 82.9 Å². The van der Waals surface area contributed by atoms with Gasteiger partial charge in [-0.15, -0.1) is 0 Å². The summed E-state index contributed by atoms with van der Waals surface area (Å²) in [6.07, 6.45) is 3.28. The molecule has 3 rings (SSSR count). The Kier molecular flexibility index (Phi) is 6.33. The van der Waals surface area contributed by atoms with E-state index in [1.807, 2.05) is 26.0 Å². The van der Waals surface area contributed by atoms with E-state index in [9.17, 15) is 13.2 Å². The van der Waals surface area contributed by atoms with Crippen LogP contribution in [-0.2, 0) is 10.0 Å². The summed E-state index contributed by atoms with van der Waals surface area (Å²) in [5.74, 6) is 1.12. The minimum atomic E-state index is -3.64. The standard InChI is InChI=1S/C21H29N3O4S/c1-15-8-11-20(28-15)16(2)22-21(25)18-14-17(29(26,27)23(3)4)9-10-19(18)24-12-6-5-7-13-24/h8-11,14,16H,5-7,12-13H2,1-4H3,(H,22,25). The number of carbonyl (C=O) groups excluding carboxylic acids is 1. The number of amides is 1. The third-order valence-electron chi connectivity index (χ3n) is 5.22. The first-order chi connectivity index (χ1) is 13.7. The fourth-order valence-electron chi connectivity index (χ4n) is 3.51. The third kappa shape index (κ3) is 4.64. The summed E-state index contributed by atoms with van der Waals surface area (Å²) < 4.78 is 32.0. The summed E-state index contributed by atoms with van der Waals surface area (Å²) in [5.41, 5.74) is 1.13. The second kappa shape index (κ2) is 8.59. The van der Waals surface area contributed by atoms with Gasteiger partial charge in [-0.05, 0) is 63.4 Å².